The average Bonchev–Trinajstić information content (AvgIpc) is 3.66. The summed E-state index contributed by atoms with van der Waals surface area (Å²) in [5.74, 6) is -3.75. The van der Waals surface area contributed by atoms with Crippen LogP contribution in [0.5, 0.6) is 0 Å². The number of allylic oxidation sites excluding steroid dienone is 4. The van der Waals surface area contributed by atoms with Crippen LogP contribution < -0.4 is 0 Å². The summed E-state index contributed by atoms with van der Waals surface area (Å²) >= 11 is 0. The van der Waals surface area contributed by atoms with Gasteiger partial charge in [0, 0.05) is 47.8 Å². The Hall–Kier alpha value is -4.90. The maximum atomic E-state index is 11.6. The third-order valence-corrected chi connectivity index (χ3v) is 9.16. The Kier molecular flexibility index (Phi) is 11.4. The van der Waals surface area contributed by atoms with E-state index in [1.165, 1.54) is 0 Å². The number of aromatic nitrogens is 4. The minimum atomic E-state index is -0.944. The molecule has 3 aromatic rings. The molecule has 2 aliphatic rings. The van der Waals surface area contributed by atoms with E-state index in [9.17, 15) is 39.6 Å². The fourth-order valence-electron chi connectivity index (χ4n) is 6.42. The Morgan fingerprint density at radius 1 is 0.510 bits per heavy atom. The maximum absolute atomic E-state index is 11.6. The van der Waals surface area contributed by atoms with Crippen LogP contribution in [0.1, 0.15) is 97.4 Å². The van der Waals surface area contributed by atoms with Gasteiger partial charge in [-0.1, -0.05) is 0 Å². The molecule has 12 nitrogen and oxygen atoms in total. The molecular weight excluding hydrogens is 717 g/mol. The summed E-state index contributed by atoms with van der Waals surface area (Å²) in [5, 5.41) is 38.0. The molecule has 0 amide bonds. The van der Waals surface area contributed by atoms with Gasteiger partial charge in [-0.05, 0) is 122 Å². The van der Waals surface area contributed by atoms with Crippen LogP contribution in [0.15, 0.2) is 24.3 Å². The predicted octanol–water partition coefficient (Wildman–Crippen LogP) is 6.55. The van der Waals surface area contributed by atoms with Crippen molar-refractivity contribution < 1.29 is 59.1 Å². The second-order valence-corrected chi connectivity index (χ2v) is 12.2. The summed E-state index contributed by atoms with van der Waals surface area (Å²) in [6.07, 6.45) is 0.606. The molecular formula is C36H38N4O8Ru+3. The molecule has 49 heavy (non-hydrogen) atoms. The summed E-state index contributed by atoms with van der Waals surface area (Å²) in [6, 6.07) is 7.40. The number of aryl methyl sites for hydroxylation is 4. The first-order chi connectivity index (χ1) is 22.7. The summed E-state index contributed by atoms with van der Waals surface area (Å²) in [4.78, 5) is 63.1. The van der Waals surface area contributed by atoms with Crippen LogP contribution in [0.4, 0.5) is 0 Å². The SMILES string of the molecule is CC1=C(CCC(=O)O)c2cc3nc(cc4[nH]c(cc5[nH]c(cc1n2)c(CCC(=O)O)c5C)c(CCC(=O)O)c4C)C(CCC(=O)O)=C3C.[Ru+3]. The van der Waals surface area contributed by atoms with Crippen molar-refractivity contribution in [3.63, 3.8) is 0 Å². The number of aromatic amines is 2. The topological polar surface area (TPSA) is 207 Å². The van der Waals surface area contributed by atoms with Crippen molar-refractivity contribution in [1.82, 2.24) is 19.9 Å². The first kappa shape index (κ1) is 36.9. The number of carboxylic acids is 4. The van der Waals surface area contributed by atoms with Crippen molar-refractivity contribution in [2.75, 3.05) is 0 Å². The van der Waals surface area contributed by atoms with Gasteiger partial charge in [0.05, 0.1) is 22.8 Å². The molecule has 6 N–H and O–H groups in total. The van der Waals surface area contributed by atoms with Crippen molar-refractivity contribution in [1.29, 1.82) is 0 Å². The molecule has 5 rings (SSSR count). The number of carboxylic acid groups (broad SMARTS) is 4. The number of hydrogen-bond donors (Lipinski definition) is 6. The normalized spacial score (nSPS) is 12.7. The molecule has 8 bridgehead atoms. The number of nitrogens with one attached hydrogen (secondary N) is 2. The van der Waals surface area contributed by atoms with Crippen LogP contribution in [0.2, 0.25) is 0 Å². The minimum absolute atomic E-state index is 0. The van der Waals surface area contributed by atoms with E-state index in [4.69, 9.17) is 9.97 Å². The first-order valence-electron chi connectivity index (χ1n) is 15.7. The maximum Gasteiger partial charge on any atom is 3.00 e. The predicted molar refractivity (Wildman–Crippen MR) is 181 cm³/mol. The number of aliphatic carboxylic acids is 4. The number of hydrogen-bond acceptors (Lipinski definition) is 6. The third-order valence-electron chi connectivity index (χ3n) is 9.16. The molecule has 3 aromatic heterocycles. The van der Waals surface area contributed by atoms with Crippen LogP contribution in [-0.4, -0.2) is 64.2 Å². The smallest absolute Gasteiger partial charge is 0.481 e. The van der Waals surface area contributed by atoms with Crippen LogP contribution in [-0.2, 0) is 51.5 Å². The van der Waals surface area contributed by atoms with Gasteiger partial charge in [0.25, 0.3) is 0 Å². The number of carbonyl (C=O) groups is 4. The zero-order chi connectivity index (χ0) is 34.9. The Balaban J connectivity index is 0.00000541. The van der Waals surface area contributed by atoms with Gasteiger partial charge in [0.15, 0.2) is 0 Å². The Morgan fingerprint density at radius 3 is 1.31 bits per heavy atom. The van der Waals surface area contributed by atoms with Gasteiger partial charge < -0.3 is 30.4 Å². The van der Waals surface area contributed by atoms with Gasteiger partial charge in [-0.2, -0.15) is 0 Å². The fourth-order valence-corrected chi connectivity index (χ4v) is 6.42. The monoisotopic (exact) mass is 756 g/mol. The molecule has 0 atom stereocenters. The Morgan fingerprint density at radius 2 is 0.857 bits per heavy atom. The summed E-state index contributed by atoms with van der Waals surface area (Å²) < 4.78 is 0. The van der Waals surface area contributed by atoms with Gasteiger partial charge in [-0.3, -0.25) is 19.2 Å². The first-order valence-corrected chi connectivity index (χ1v) is 15.7. The zero-order valence-electron chi connectivity index (χ0n) is 27.6. The molecule has 0 aromatic carbocycles. The largest absolute Gasteiger partial charge is 3.00 e. The van der Waals surface area contributed by atoms with Crippen molar-refractivity contribution >= 4 is 68.2 Å². The molecule has 0 saturated carbocycles. The summed E-state index contributed by atoms with van der Waals surface area (Å²) in [6.45, 7) is 7.55. The van der Waals surface area contributed by atoms with E-state index < -0.39 is 23.9 Å². The molecule has 0 fully saturated rings. The molecule has 5 heterocycles. The van der Waals surface area contributed by atoms with Gasteiger partial charge in [0.2, 0.25) is 0 Å². The molecule has 0 unspecified atom stereocenters. The quantitative estimate of drug-likeness (QED) is 0.110. The van der Waals surface area contributed by atoms with Gasteiger partial charge in [-0.25, -0.2) is 9.97 Å². The van der Waals surface area contributed by atoms with E-state index in [1.54, 1.807) is 6.07 Å². The van der Waals surface area contributed by atoms with E-state index in [0.29, 0.717) is 44.8 Å². The molecule has 0 saturated heterocycles. The number of rotatable bonds is 12. The zero-order valence-corrected chi connectivity index (χ0v) is 29.4. The van der Waals surface area contributed by atoms with Crippen LogP contribution in [0, 0.1) is 13.8 Å². The van der Waals surface area contributed by atoms with Gasteiger partial charge >= 0.3 is 43.4 Å². The standard InChI is InChI=1S/C36H38N4O8.Ru/c1-17-21(5-9-33(41)42)29-14-26-19(3)23(7-11-35(45)46)31(39-26)16-28-20(4)24(8-12-36(47)48)32(40-28)15-27-18(2)22(6-10-34(43)44)30(38-27)13-25(17)37-29;/h13-16,37-38H,5-12H2,1-4H3,(H,41,42)(H,43,44)(H,45,46)(H,47,48);/q;+3. The molecule has 2 aliphatic heterocycles. The Labute approximate surface area is 294 Å². The summed E-state index contributed by atoms with van der Waals surface area (Å²) in [7, 11) is 0. The van der Waals surface area contributed by atoms with E-state index in [0.717, 1.165) is 44.5 Å². The summed E-state index contributed by atoms with van der Waals surface area (Å²) in [5.41, 5.74) is 11.4. The second-order valence-electron chi connectivity index (χ2n) is 12.2. The van der Waals surface area contributed by atoms with E-state index in [1.807, 2.05) is 45.9 Å². The van der Waals surface area contributed by atoms with E-state index >= 15 is 0 Å². The number of H-pyrrole nitrogens is 2. The average molecular weight is 756 g/mol. The third kappa shape index (κ3) is 8.05. The van der Waals surface area contributed by atoms with E-state index in [-0.39, 0.29) is 70.8 Å². The van der Waals surface area contributed by atoms with Crippen LogP contribution >= 0.6 is 0 Å². The Bertz CT molecular complexity index is 2100. The fraction of sp³-hybridized carbons (Fsp3) is 0.333. The van der Waals surface area contributed by atoms with Crippen molar-refractivity contribution in [2.45, 2.75) is 79.1 Å². The number of nitrogens with zero attached hydrogens (tertiary/aromatic N) is 2. The molecule has 1 radical (unpaired) electrons. The van der Waals surface area contributed by atoms with Crippen molar-refractivity contribution in [2.24, 2.45) is 0 Å². The molecule has 255 valence electrons. The van der Waals surface area contributed by atoms with Crippen LogP contribution in [0.3, 0.4) is 0 Å². The van der Waals surface area contributed by atoms with E-state index in [2.05, 4.69) is 9.97 Å². The molecule has 0 aliphatic carbocycles. The molecule has 0 spiro atoms. The second kappa shape index (κ2) is 15.1. The van der Waals surface area contributed by atoms with Crippen LogP contribution in [0.25, 0.3) is 44.4 Å². The van der Waals surface area contributed by atoms with Crippen molar-refractivity contribution in [3.8, 4) is 0 Å². The van der Waals surface area contributed by atoms with Gasteiger partial charge in [-0.15, -0.1) is 0 Å². The molecule has 13 heteroatoms. The number of fused-ring (bicyclic) bond motifs is 8. The van der Waals surface area contributed by atoms with Gasteiger partial charge in [0.1, 0.15) is 0 Å². The van der Waals surface area contributed by atoms with Crippen molar-refractivity contribution in [3.05, 3.63) is 69.3 Å². The minimum Gasteiger partial charge on any atom is -0.481 e.